The van der Waals surface area contributed by atoms with Crippen LogP contribution in [0.4, 0.5) is 15.8 Å². The Labute approximate surface area is 109 Å². The van der Waals surface area contributed by atoms with Gasteiger partial charge in [-0.3, -0.25) is 14.9 Å². The van der Waals surface area contributed by atoms with Crippen LogP contribution >= 0.6 is 0 Å². The fourth-order valence-electron chi connectivity index (χ4n) is 2.06. The zero-order chi connectivity index (χ0) is 14.2. The molecule has 2 rings (SSSR count). The number of nitrogens with two attached hydrogens (primary N) is 1. The summed E-state index contributed by atoms with van der Waals surface area (Å²) in [6.07, 6.45) is 1.74. The normalized spacial score (nSPS) is 14.2. The Bertz CT molecular complexity index is 543. The van der Waals surface area contributed by atoms with Crippen molar-refractivity contribution < 1.29 is 14.1 Å². The van der Waals surface area contributed by atoms with E-state index in [0.29, 0.717) is 6.54 Å². The summed E-state index contributed by atoms with van der Waals surface area (Å²) >= 11 is 0. The molecule has 0 bridgehead atoms. The first-order chi connectivity index (χ1) is 8.97. The van der Waals surface area contributed by atoms with Gasteiger partial charge in [-0.25, -0.2) is 4.39 Å². The number of benzene rings is 1. The first kappa shape index (κ1) is 13.3. The molecule has 1 amide bonds. The van der Waals surface area contributed by atoms with E-state index in [-0.39, 0.29) is 6.04 Å². The maximum atomic E-state index is 13.8. The second-order valence-corrected chi connectivity index (χ2v) is 4.43. The quantitative estimate of drug-likeness (QED) is 0.513. The molecule has 0 spiro atoms. The lowest BCUT2D eigenvalue weighted by molar-refractivity contribution is -0.384. The van der Waals surface area contributed by atoms with Crippen LogP contribution in [0.1, 0.15) is 30.1 Å². The van der Waals surface area contributed by atoms with E-state index in [4.69, 9.17) is 5.73 Å². The molecule has 0 heterocycles. The number of hydrogen-bond acceptors (Lipinski definition) is 4. The summed E-state index contributed by atoms with van der Waals surface area (Å²) in [5, 5.41) is 10.8. The molecule has 1 aromatic rings. The minimum Gasteiger partial charge on any atom is -0.392 e. The number of carbonyl (C=O) groups is 1. The Kier molecular flexibility index (Phi) is 3.37. The molecule has 7 heteroatoms. The molecule has 1 aliphatic carbocycles. The average molecular weight is 267 g/mol. The van der Waals surface area contributed by atoms with E-state index in [9.17, 15) is 19.3 Å². The van der Waals surface area contributed by atoms with Gasteiger partial charge in [-0.2, -0.15) is 0 Å². The van der Waals surface area contributed by atoms with E-state index in [1.807, 2.05) is 0 Å². The molecule has 0 aromatic heterocycles. The molecular weight excluding hydrogens is 253 g/mol. The first-order valence-electron chi connectivity index (χ1n) is 6.00. The summed E-state index contributed by atoms with van der Waals surface area (Å²) in [5.41, 5.74) is 4.31. The van der Waals surface area contributed by atoms with Gasteiger partial charge in [0.2, 0.25) is 0 Å². The van der Waals surface area contributed by atoms with E-state index < -0.39 is 33.6 Å². The predicted molar refractivity (Wildman–Crippen MR) is 67.2 cm³/mol. The summed E-state index contributed by atoms with van der Waals surface area (Å²) in [6.45, 7) is 2.20. The standard InChI is InChI=1S/C12H14FN3O3/c1-2-15(7-3-4-7)12(17)10-8(13)5-6-9(11(10)14)16(18)19/h5-7H,2-4,14H2,1H3. The van der Waals surface area contributed by atoms with Crippen LogP contribution in [0.3, 0.4) is 0 Å². The molecule has 1 fully saturated rings. The van der Waals surface area contributed by atoms with Gasteiger partial charge >= 0.3 is 0 Å². The second kappa shape index (κ2) is 4.83. The number of nitrogens with zero attached hydrogens (tertiary/aromatic N) is 2. The molecule has 19 heavy (non-hydrogen) atoms. The molecule has 102 valence electrons. The smallest absolute Gasteiger partial charge is 0.293 e. The van der Waals surface area contributed by atoms with E-state index >= 15 is 0 Å². The van der Waals surface area contributed by atoms with Crippen LogP contribution in [0, 0.1) is 15.9 Å². The minimum atomic E-state index is -0.827. The Morgan fingerprint density at radius 3 is 2.68 bits per heavy atom. The molecule has 0 radical (unpaired) electrons. The maximum Gasteiger partial charge on any atom is 0.293 e. The SMILES string of the molecule is CCN(C(=O)c1c(F)ccc([N+](=O)[O-])c1N)C1CC1. The van der Waals surface area contributed by atoms with Crippen molar-refractivity contribution in [2.24, 2.45) is 0 Å². The molecule has 0 unspecified atom stereocenters. The topological polar surface area (TPSA) is 89.5 Å². The summed E-state index contributed by atoms with van der Waals surface area (Å²) < 4.78 is 13.8. The summed E-state index contributed by atoms with van der Waals surface area (Å²) in [5.74, 6) is -1.41. The highest BCUT2D eigenvalue weighted by Crippen LogP contribution is 2.32. The first-order valence-corrected chi connectivity index (χ1v) is 6.00. The summed E-state index contributed by atoms with van der Waals surface area (Å²) in [4.78, 5) is 23.8. The van der Waals surface area contributed by atoms with E-state index in [1.165, 1.54) is 4.90 Å². The summed E-state index contributed by atoms with van der Waals surface area (Å²) in [6, 6.07) is 1.97. The van der Waals surface area contributed by atoms with Crippen LogP contribution in [-0.4, -0.2) is 28.3 Å². The third kappa shape index (κ3) is 2.35. The van der Waals surface area contributed by atoms with Crippen molar-refractivity contribution in [3.8, 4) is 0 Å². The van der Waals surface area contributed by atoms with Crippen LogP contribution in [-0.2, 0) is 0 Å². The van der Waals surface area contributed by atoms with Crippen molar-refractivity contribution in [2.75, 3.05) is 12.3 Å². The van der Waals surface area contributed by atoms with Crippen molar-refractivity contribution in [1.29, 1.82) is 0 Å². The third-order valence-corrected chi connectivity index (χ3v) is 3.17. The fourth-order valence-corrected chi connectivity index (χ4v) is 2.06. The van der Waals surface area contributed by atoms with Gasteiger partial charge in [-0.1, -0.05) is 0 Å². The van der Waals surface area contributed by atoms with Gasteiger partial charge in [-0.05, 0) is 25.8 Å². The average Bonchev–Trinajstić information content (AvgIpc) is 3.14. The zero-order valence-corrected chi connectivity index (χ0v) is 10.4. The molecular formula is C12H14FN3O3. The molecule has 0 saturated heterocycles. The lowest BCUT2D eigenvalue weighted by Crippen LogP contribution is -2.34. The Hall–Kier alpha value is -2.18. The molecule has 1 aliphatic rings. The van der Waals surface area contributed by atoms with Crippen LogP contribution in [0.25, 0.3) is 0 Å². The molecule has 6 nitrogen and oxygen atoms in total. The van der Waals surface area contributed by atoms with Gasteiger partial charge < -0.3 is 10.6 Å². The monoisotopic (exact) mass is 267 g/mol. The van der Waals surface area contributed by atoms with Crippen molar-refractivity contribution >= 4 is 17.3 Å². The maximum absolute atomic E-state index is 13.8. The number of nitro groups is 1. The van der Waals surface area contributed by atoms with Crippen LogP contribution < -0.4 is 5.73 Å². The van der Waals surface area contributed by atoms with Gasteiger partial charge in [0, 0.05) is 18.7 Å². The molecule has 1 aromatic carbocycles. The number of nitro benzene ring substituents is 1. The van der Waals surface area contributed by atoms with Gasteiger partial charge in [0.15, 0.2) is 0 Å². The second-order valence-electron chi connectivity index (χ2n) is 4.43. The van der Waals surface area contributed by atoms with Gasteiger partial charge in [0.1, 0.15) is 17.1 Å². The molecule has 0 atom stereocenters. The number of rotatable bonds is 4. The Balaban J connectivity index is 2.45. The molecule has 2 N–H and O–H groups in total. The van der Waals surface area contributed by atoms with Crippen molar-refractivity contribution in [2.45, 2.75) is 25.8 Å². The number of anilines is 1. The Morgan fingerprint density at radius 2 is 2.21 bits per heavy atom. The zero-order valence-electron chi connectivity index (χ0n) is 10.4. The van der Waals surface area contributed by atoms with E-state index in [0.717, 1.165) is 25.0 Å². The highest BCUT2D eigenvalue weighted by atomic mass is 19.1. The number of carbonyl (C=O) groups excluding carboxylic acids is 1. The lowest BCUT2D eigenvalue weighted by Gasteiger charge is -2.21. The largest absolute Gasteiger partial charge is 0.392 e. The third-order valence-electron chi connectivity index (χ3n) is 3.17. The number of hydrogen-bond donors (Lipinski definition) is 1. The van der Waals surface area contributed by atoms with E-state index in [1.54, 1.807) is 6.92 Å². The summed E-state index contributed by atoms with van der Waals surface area (Å²) in [7, 11) is 0. The number of nitrogen functional groups attached to an aromatic ring is 1. The van der Waals surface area contributed by atoms with Crippen LogP contribution in [0.5, 0.6) is 0 Å². The number of halogens is 1. The molecule has 1 saturated carbocycles. The lowest BCUT2D eigenvalue weighted by atomic mass is 10.1. The van der Waals surface area contributed by atoms with Gasteiger partial charge in [-0.15, -0.1) is 0 Å². The number of amides is 1. The minimum absolute atomic E-state index is 0.0931. The van der Waals surface area contributed by atoms with Gasteiger partial charge in [0.25, 0.3) is 11.6 Å². The highest BCUT2D eigenvalue weighted by molar-refractivity contribution is 6.01. The van der Waals surface area contributed by atoms with Crippen molar-refractivity contribution in [3.63, 3.8) is 0 Å². The van der Waals surface area contributed by atoms with Crippen LogP contribution in [0.2, 0.25) is 0 Å². The molecule has 0 aliphatic heterocycles. The van der Waals surface area contributed by atoms with Gasteiger partial charge in [0.05, 0.1) is 4.92 Å². The van der Waals surface area contributed by atoms with Crippen molar-refractivity contribution in [3.05, 3.63) is 33.6 Å². The van der Waals surface area contributed by atoms with E-state index in [2.05, 4.69) is 0 Å². The predicted octanol–water partition coefficient (Wildman–Crippen LogP) is 1.94. The fraction of sp³-hybridized carbons (Fsp3) is 0.417. The highest BCUT2D eigenvalue weighted by Gasteiger charge is 2.35. The van der Waals surface area contributed by atoms with Crippen LogP contribution in [0.15, 0.2) is 12.1 Å². The van der Waals surface area contributed by atoms with Crippen molar-refractivity contribution in [1.82, 2.24) is 4.90 Å². The Morgan fingerprint density at radius 1 is 1.58 bits per heavy atom.